The van der Waals surface area contributed by atoms with Gasteiger partial charge in [-0.2, -0.15) is 0 Å². The summed E-state index contributed by atoms with van der Waals surface area (Å²) in [5, 5.41) is 0. The second kappa shape index (κ2) is 46.3. The van der Waals surface area contributed by atoms with Crippen molar-refractivity contribution in [2.45, 2.75) is 323 Å². The fourth-order valence-electron chi connectivity index (χ4n) is 8.23. The van der Waals surface area contributed by atoms with Gasteiger partial charge < -0.3 is 9.47 Å². The van der Waals surface area contributed by atoms with Crippen LogP contribution in [0.25, 0.3) is 0 Å². The second-order valence-electron chi connectivity index (χ2n) is 17.8. The Hall–Kier alpha value is -0.0800. The Morgan fingerprint density at radius 2 is 0.491 bits per heavy atom. The smallest absolute Gasteiger partial charge is 0.0812 e. The zero-order valence-corrected chi connectivity index (χ0v) is 38.0. The molecular formula is C51H104O2. The van der Waals surface area contributed by atoms with Gasteiger partial charge in [-0.1, -0.05) is 271 Å². The molecule has 0 aromatic carbocycles. The monoisotopic (exact) mass is 749 g/mol. The summed E-state index contributed by atoms with van der Waals surface area (Å²) in [7, 11) is 0. The molecule has 0 aliphatic rings. The van der Waals surface area contributed by atoms with E-state index in [0.717, 1.165) is 6.61 Å². The van der Waals surface area contributed by atoms with Crippen LogP contribution in [0.2, 0.25) is 0 Å². The van der Waals surface area contributed by atoms with Gasteiger partial charge in [0.05, 0.1) is 24.9 Å². The molecule has 0 saturated heterocycles. The largest absolute Gasteiger partial charge is 0.376 e. The molecule has 0 heterocycles. The molecule has 0 N–H and O–H groups in total. The third kappa shape index (κ3) is 44.5. The van der Waals surface area contributed by atoms with Gasteiger partial charge in [-0.05, 0) is 33.1 Å². The van der Waals surface area contributed by atoms with Gasteiger partial charge in [0.25, 0.3) is 0 Å². The maximum Gasteiger partial charge on any atom is 0.0812 e. The fourth-order valence-corrected chi connectivity index (χ4v) is 8.23. The molecule has 320 valence electrons. The Bertz CT molecular complexity index is 634. The summed E-state index contributed by atoms with van der Waals surface area (Å²) in [6, 6.07) is 0. The molecule has 0 aliphatic carbocycles. The Balaban J connectivity index is 4.13. The Labute approximate surface area is 337 Å². The van der Waals surface area contributed by atoms with E-state index in [2.05, 4.69) is 34.6 Å². The van der Waals surface area contributed by atoms with E-state index in [1.165, 1.54) is 270 Å². The quantitative estimate of drug-likeness (QED) is 0.0577. The van der Waals surface area contributed by atoms with Gasteiger partial charge in [0.1, 0.15) is 0 Å². The number of unbranched alkanes of at least 4 members (excludes halogenated alkanes) is 36. The molecule has 3 atom stereocenters. The lowest BCUT2D eigenvalue weighted by atomic mass is 10.0. The van der Waals surface area contributed by atoms with Gasteiger partial charge in [0, 0.05) is 0 Å². The van der Waals surface area contributed by atoms with Crippen molar-refractivity contribution in [3.05, 3.63) is 0 Å². The minimum absolute atomic E-state index is 0.272. The van der Waals surface area contributed by atoms with E-state index < -0.39 is 0 Å². The summed E-state index contributed by atoms with van der Waals surface area (Å²) in [4.78, 5) is 0. The van der Waals surface area contributed by atoms with Crippen LogP contribution in [0.3, 0.4) is 0 Å². The zero-order chi connectivity index (χ0) is 38.6. The van der Waals surface area contributed by atoms with Crippen LogP contribution in [0.5, 0.6) is 0 Å². The summed E-state index contributed by atoms with van der Waals surface area (Å²) in [5.74, 6) is 0. The minimum Gasteiger partial charge on any atom is -0.376 e. The first-order valence-electron chi connectivity index (χ1n) is 25.4. The molecule has 3 unspecified atom stereocenters. The number of hydrogen-bond donors (Lipinski definition) is 0. The minimum atomic E-state index is 0.272. The van der Waals surface area contributed by atoms with E-state index in [1.807, 2.05) is 0 Å². The lowest BCUT2D eigenvalue weighted by Crippen LogP contribution is -2.27. The molecular weight excluding hydrogens is 645 g/mol. The molecule has 0 radical (unpaired) electrons. The molecule has 0 bridgehead atoms. The van der Waals surface area contributed by atoms with Crippen LogP contribution in [0.15, 0.2) is 0 Å². The highest BCUT2D eigenvalue weighted by atomic mass is 16.5. The van der Waals surface area contributed by atoms with E-state index in [4.69, 9.17) is 9.47 Å². The topological polar surface area (TPSA) is 18.5 Å². The summed E-state index contributed by atoms with van der Waals surface area (Å²) < 4.78 is 13.2. The molecule has 2 nitrogen and oxygen atoms in total. The highest BCUT2D eigenvalue weighted by Crippen LogP contribution is 2.20. The van der Waals surface area contributed by atoms with Crippen LogP contribution in [0.1, 0.15) is 304 Å². The molecule has 0 fully saturated rings. The van der Waals surface area contributed by atoms with Crippen molar-refractivity contribution < 1.29 is 9.47 Å². The van der Waals surface area contributed by atoms with Crippen LogP contribution in [0, 0.1) is 0 Å². The standard InChI is InChI=1S/C51H104O2/c1-6-9-12-15-18-21-24-26-28-31-33-36-39-42-45-49(4)52-48-51(47-44-41-38-35-30-23-20-17-14-11-8-3)53-50(5)46-43-40-37-34-32-29-27-25-22-19-16-13-10-7-2/h49-51H,6-48H2,1-5H3. The van der Waals surface area contributed by atoms with Crippen molar-refractivity contribution in [3.63, 3.8) is 0 Å². The van der Waals surface area contributed by atoms with E-state index in [1.54, 1.807) is 0 Å². The Morgan fingerprint density at radius 1 is 0.264 bits per heavy atom. The molecule has 0 rings (SSSR count). The lowest BCUT2D eigenvalue weighted by Gasteiger charge is -2.24. The van der Waals surface area contributed by atoms with Crippen LogP contribution < -0.4 is 0 Å². The van der Waals surface area contributed by atoms with Crippen molar-refractivity contribution in [2.24, 2.45) is 0 Å². The predicted molar refractivity (Wildman–Crippen MR) is 241 cm³/mol. The van der Waals surface area contributed by atoms with Crippen LogP contribution in [0.4, 0.5) is 0 Å². The number of ether oxygens (including phenoxy) is 2. The van der Waals surface area contributed by atoms with Crippen LogP contribution in [-0.2, 0) is 9.47 Å². The molecule has 0 aromatic rings. The number of rotatable bonds is 47. The van der Waals surface area contributed by atoms with Crippen molar-refractivity contribution in [3.8, 4) is 0 Å². The summed E-state index contributed by atoms with van der Waals surface area (Å²) in [6.07, 6.45) is 60.0. The van der Waals surface area contributed by atoms with Gasteiger partial charge in [-0.3, -0.25) is 0 Å². The van der Waals surface area contributed by atoms with E-state index in [9.17, 15) is 0 Å². The molecule has 0 spiro atoms. The van der Waals surface area contributed by atoms with Crippen molar-refractivity contribution in [1.82, 2.24) is 0 Å². The van der Waals surface area contributed by atoms with Crippen LogP contribution in [-0.4, -0.2) is 24.9 Å². The maximum absolute atomic E-state index is 6.71. The van der Waals surface area contributed by atoms with E-state index >= 15 is 0 Å². The van der Waals surface area contributed by atoms with Crippen molar-refractivity contribution in [2.75, 3.05) is 6.61 Å². The van der Waals surface area contributed by atoms with Crippen molar-refractivity contribution >= 4 is 0 Å². The summed E-state index contributed by atoms with van der Waals surface area (Å²) in [5.41, 5.74) is 0. The van der Waals surface area contributed by atoms with Gasteiger partial charge in [0.2, 0.25) is 0 Å². The first-order valence-corrected chi connectivity index (χ1v) is 25.4. The van der Waals surface area contributed by atoms with Gasteiger partial charge in [0.15, 0.2) is 0 Å². The molecule has 0 saturated carbocycles. The predicted octanol–water partition coefficient (Wildman–Crippen LogP) is 18.6. The molecule has 2 heteroatoms. The van der Waals surface area contributed by atoms with E-state index in [-0.39, 0.29) is 6.10 Å². The van der Waals surface area contributed by atoms with E-state index in [0.29, 0.717) is 12.2 Å². The molecule has 0 amide bonds. The summed E-state index contributed by atoms with van der Waals surface area (Å²) in [6.45, 7) is 12.4. The maximum atomic E-state index is 6.71. The zero-order valence-electron chi connectivity index (χ0n) is 38.0. The average Bonchev–Trinajstić information content (AvgIpc) is 3.16. The molecule has 0 aromatic heterocycles. The third-order valence-electron chi connectivity index (χ3n) is 12.0. The first kappa shape index (κ1) is 52.9. The van der Waals surface area contributed by atoms with Gasteiger partial charge in [-0.25, -0.2) is 0 Å². The van der Waals surface area contributed by atoms with Gasteiger partial charge >= 0.3 is 0 Å². The Morgan fingerprint density at radius 3 is 0.774 bits per heavy atom. The highest BCUT2D eigenvalue weighted by molar-refractivity contribution is 4.64. The third-order valence-corrected chi connectivity index (χ3v) is 12.0. The van der Waals surface area contributed by atoms with Gasteiger partial charge in [-0.15, -0.1) is 0 Å². The normalized spacial score (nSPS) is 13.5. The first-order chi connectivity index (χ1) is 26.1. The van der Waals surface area contributed by atoms with Crippen LogP contribution >= 0.6 is 0 Å². The fraction of sp³-hybridized carbons (Fsp3) is 1.00. The molecule has 0 aliphatic heterocycles. The number of hydrogen-bond acceptors (Lipinski definition) is 2. The summed E-state index contributed by atoms with van der Waals surface area (Å²) >= 11 is 0. The second-order valence-corrected chi connectivity index (χ2v) is 17.8. The lowest BCUT2D eigenvalue weighted by molar-refractivity contribution is -0.0744. The average molecular weight is 749 g/mol. The van der Waals surface area contributed by atoms with Crippen molar-refractivity contribution in [1.29, 1.82) is 0 Å². The highest BCUT2D eigenvalue weighted by Gasteiger charge is 2.16. The Kier molecular flexibility index (Phi) is 46.2. The SMILES string of the molecule is CCCCCCCCCCCCCCCCC(C)OCC(CCCCCCCCCCCCC)OC(C)CCCCCCCCCCCCCCCC. The molecule has 53 heavy (non-hydrogen) atoms.